The van der Waals surface area contributed by atoms with Gasteiger partial charge >= 0.3 is 6.36 Å². The summed E-state index contributed by atoms with van der Waals surface area (Å²) >= 11 is 0. The molecule has 0 aliphatic carbocycles. The minimum Gasteiger partial charge on any atom is -0.406 e. The Labute approximate surface area is 182 Å². The van der Waals surface area contributed by atoms with Gasteiger partial charge in [0.05, 0.1) is 5.69 Å². The Morgan fingerprint density at radius 1 is 0.969 bits per heavy atom. The number of benzene rings is 1. The molecule has 1 aliphatic heterocycles. The number of halogens is 3. The van der Waals surface area contributed by atoms with E-state index in [-0.39, 0.29) is 11.7 Å². The molecule has 168 valence electrons. The predicted octanol–water partition coefficient (Wildman–Crippen LogP) is 3.14. The summed E-state index contributed by atoms with van der Waals surface area (Å²) in [6, 6.07) is 6.83. The molecule has 32 heavy (non-hydrogen) atoms. The Morgan fingerprint density at radius 3 is 2.22 bits per heavy atom. The van der Waals surface area contributed by atoms with E-state index in [0.29, 0.717) is 37.6 Å². The molecule has 1 aromatic carbocycles. The van der Waals surface area contributed by atoms with Crippen LogP contribution in [0.3, 0.4) is 0 Å². The lowest BCUT2D eigenvalue weighted by molar-refractivity contribution is -0.274. The summed E-state index contributed by atoms with van der Waals surface area (Å²) in [5, 5.41) is 0. The van der Waals surface area contributed by atoms with Crippen LogP contribution >= 0.6 is 0 Å². The van der Waals surface area contributed by atoms with Crippen molar-refractivity contribution in [3.05, 3.63) is 59.9 Å². The van der Waals surface area contributed by atoms with Gasteiger partial charge in [0.25, 0.3) is 5.91 Å². The molecule has 0 atom stereocenters. The molecule has 0 saturated carbocycles. The fourth-order valence-electron chi connectivity index (χ4n) is 3.49. The molecule has 1 saturated heterocycles. The number of ether oxygens (including phenoxy) is 1. The molecule has 3 aromatic rings. The number of alkyl halides is 3. The monoisotopic (exact) mass is 446 g/mol. The Morgan fingerprint density at radius 2 is 1.62 bits per heavy atom. The van der Waals surface area contributed by atoms with Crippen molar-refractivity contribution >= 4 is 11.7 Å². The average Bonchev–Trinajstić information content (AvgIpc) is 3.11. The Hall–Kier alpha value is -3.63. The predicted molar refractivity (Wildman–Crippen MR) is 110 cm³/mol. The van der Waals surface area contributed by atoms with Crippen LogP contribution in [-0.2, 0) is 0 Å². The van der Waals surface area contributed by atoms with E-state index in [4.69, 9.17) is 0 Å². The van der Waals surface area contributed by atoms with E-state index < -0.39 is 6.36 Å². The van der Waals surface area contributed by atoms with E-state index in [0.717, 1.165) is 29.3 Å². The van der Waals surface area contributed by atoms with Crippen LogP contribution in [0, 0.1) is 13.8 Å². The number of rotatable bonds is 4. The highest BCUT2D eigenvalue weighted by atomic mass is 19.4. The molecule has 1 aliphatic rings. The summed E-state index contributed by atoms with van der Waals surface area (Å²) in [5.41, 5.74) is 2.23. The van der Waals surface area contributed by atoms with Crippen molar-refractivity contribution in [3.8, 4) is 11.6 Å². The van der Waals surface area contributed by atoms with E-state index in [1.165, 1.54) is 18.5 Å². The highest BCUT2D eigenvalue weighted by Crippen LogP contribution is 2.24. The molecular formula is C21H21F3N6O2. The first-order valence-electron chi connectivity index (χ1n) is 9.94. The number of carbonyl (C=O) groups excluding carboxylic acids is 1. The molecule has 0 radical (unpaired) electrons. The number of hydrogen-bond acceptors (Lipinski definition) is 6. The zero-order valence-electron chi connectivity index (χ0n) is 17.5. The van der Waals surface area contributed by atoms with E-state index >= 15 is 0 Å². The molecular weight excluding hydrogens is 425 g/mol. The number of imidazole rings is 1. The third kappa shape index (κ3) is 4.66. The van der Waals surface area contributed by atoms with Crippen LogP contribution in [0.4, 0.5) is 19.0 Å². The van der Waals surface area contributed by atoms with E-state index in [9.17, 15) is 18.0 Å². The lowest BCUT2D eigenvalue weighted by Gasteiger charge is -2.35. The third-order valence-corrected chi connectivity index (χ3v) is 5.36. The maximum atomic E-state index is 12.7. The highest BCUT2D eigenvalue weighted by molar-refractivity contribution is 5.94. The maximum Gasteiger partial charge on any atom is 0.573 e. The van der Waals surface area contributed by atoms with Crippen LogP contribution in [0.5, 0.6) is 5.75 Å². The first-order chi connectivity index (χ1) is 15.2. The largest absolute Gasteiger partial charge is 0.573 e. The normalized spacial score (nSPS) is 14.5. The van der Waals surface area contributed by atoms with Crippen molar-refractivity contribution in [1.82, 2.24) is 24.4 Å². The second-order valence-corrected chi connectivity index (χ2v) is 7.37. The maximum absolute atomic E-state index is 12.7. The summed E-state index contributed by atoms with van der Waals surface area (Å²) < 4.78 is 42.6. The number of aryl methyl sites for hydroxylation is 1. The van der Waals surface area contributed by atoms with Gasteiger partial charge in [0.1, 0.15) is 30.0 Å². The van der Waals surface area contributed by atoms with Crippen molar-refractivity contribution in [2.45, 2.75) is 20.2 Å². The smallest absolute Gasteiger partial charge is 0.406 e. The molecule has 0 bridgehead atoms. The van der Waals surface area contributed by atoms with Crippen LogP contribution in [0.1, 0.15) is 21.7 Å². The molecule has 0 unspecified atom stereocenters. The molecule has 0 N–H and O–H groups in total. The number of carbonyl (C=O) groups is 1. The minimum atomic E-state index is -4.77. The second-order valence-electron chi connectivity index (χ2n) is 7.37. The first-order valence-corrected chi connectivity index (χ1v) is 9.94. The van der Waals surface area contributed by atoms with Crippen LogP contribution in [0.15, 0.2) is 43.0 Å². The minimum absolute atomic E-state index is 0.240. The van der Waals surface area contributed by atoms with Gasteiger partial charge in [0.2, 0.25) is 0 Å². The van der Waals surface area contributed by atoms with Crippen LogP contribution in [-0.4, -0.2) is 62.9 Å². The first kappa shape index (κ1) is 21.6. The lowest BCUT2D eigenvalue weighted by atomic mass is 10.1. The topological polar surface area (TPSA) is 76.4 Å². The number of anilines is 1. The standard InChI is InChI=1S/C21H21F3N6O2/c1-14-15(2)30(13-27-14)19-11-18(25-12-26-19)28-7-9-29(10-8-28)20(31)16-3-5-17(6-4-16)32-21(22,23)24/h3-6,11-13H,7-10H2,1-2H3. The van der Waals surface area contributed by atoms with Gasteiger partial charge in [-0.1, -0.05) is 0 Å². The van der Waals surface area contributed by atoms with Crippen LogP contribution < -0.4 is 9.64 Å². The number of nitrogens with zero attached hydrogens (tertiary/aromatic N) is 6. The van der Waals surface area contributed by atoms with Gasteiger partial charge in [0.15, 0.2) is 0 Å². The summed E-state index contributed by atoms with van der Waals surface area (Å²) in [6.07, 6.45) is -1.54. The Kier molecular flexibility index (Phi) is 5.72. The average molecular weight is 446 g/mol. The van der Waals surface area contributed by atoms with Gasteiger partial charge in [-0.15, -0.1) is 13.2 Å². The van der Waals surface area contributed by atoms with Crippen LogP contribution in [0.2, 0.25) is 0 Å². The quantitative estimate of drug-likeness (QED) is 0.613. The van der Waals surface area contributed by atoms with Crippen molar-refractivity contribution in [3.63, 3.8) is 0 Å². The summed E-state index contributed by atoms with van der Waals surface area (Å²) in [5.74, 6) is 0.868. The molecule has 4 rings (SSSR count). The molecule has 8 nitrogen and oxygen atoms in total. The molecule has 1 fully saturated rings. The number of amides is 1. The zero-order valence-corrected chi connectivity index (χ0v) is 17.5. The fourth-order valence-corrected chi connectivity index (χ4v) is 3.49. The summed E-state index contributed by atoms with van der Waals surface area (Å²) in [4.78, 5) is 29.5. The Balaban J connectivity index is 1.39. The number of aromatic nitrogens is 4. The van der Waals surface area contributed by atoms with Gasteiger partial charge in [-0.2, -0.15) is 0 Å². The molecule has 1 amide bonds. The fraction of sp³-hybridized carbons (Fsp3) is 0.333. The summed E-state index contributed by atoms with van der Waals surface area (Å²) in [7, 11) is 0. The second kappa shape index (κ2) is 8.48. The SMILES string of the molecule is Cc1ncn(-c2cc(N3CCN(C(=O)c4ccc(OC(F)(F)F)cc4)CC3)ncn2)c1C. The molecule has 2 aromatic heterocycles. The van der Waals surface area contributed by atoms with Crippen molar-refractivity contribution in [2.24, 2.45) is 0 Å². The lowest BCUT2D eigenvalue weighted by Crippen LogP contribution is -2.49. The Bertz CT molecular complexity index is 1110. The van der Waals surface area contributed by atoms with Gasteiger partial charge in [-0.3, -0.25) is 9.36 Å². The number of piperazine rings is 1. The van der Waals surface area contributed by atoms with E-state index in [1.807, 2.05) is 24.5 Å². The van der Waals surface area contributed by atoms with Crippen molar-refractivity contribution in [2.75, 3.05) is 31.1 Å². The van der Waals surface area contributed by atoms with Crippen molar-refractivity contribution < 1.29 is 22.7 Å². The highest BCUT2D eigenvalue weighted by Gasteiger charge is 2.31. The van der Waals surface area contributed by atoms with Gasteiger partial charge in [-0.25, -0.2) is 15.0 Å². The van der Waals surface area contributed by atoms with Gasteiger partial charge in [-0.05, 0) is 38.1 Å². The molecule has 3 heterocycles. The molecule has 11 heteroatoms. The zero-order chi connectivity index (χ0) is 22.9. The van der Waals surface area contributed by atoms with Crippen molar-refractivity contribution in [1.29, 1.82) is 0 Å². The van der Waals surface area contributed by atoms with E-state index in [1.54, 1.807) is 11.2 Å². The van der Waals surface area contributed by atoms with Gasteiger partial charge in [0, 0.05) is 43.5 Å². The molecule has 0 spiro atoms. The number of hydrogen-bond donors (Lipinski definition) is 0. The summed E-state index contributed by atoms with van der Waals surface area (Å²) in [6.45, 7) is 5.96. The van der Waals surface area contributed by atoms with E-state index in [2.05, 4.69) is 24.6 Å². The third-order valence-electron chi connectivity index (χ3n) is 5.36. The van der Waals surface area contributed by atoms with Gasteiger partial charge < -0.3 is 14.5 Å². The van der Waals surface area contributed by atoms with Crippen LogP contribution in [0.25, 0.3) is 5.82 Å².